The van der Waals surface area contributed by atoms with Gasteiger partial charge in [0.15, 0.2) is 0 Å². The topological polar surface area (TPSA) is 29.1 Å². The minimum absolute atomic E-state index is 0.0961. The van der Waals surface area contributed by atoms with Crippen molar-refractivity contribution in [3.63, 3.8) is 0 Å². The van der Waals surface area contributed by atoms with Gasteiger partial charge in [-0.05, 0) is 32.1 Å². The van der Waals surface area contributed by atoms with Gasteiger partial charge in [0.05, 0.1) is 11.5 Å². The predicted octanol–water partition coefficient (Wildman–Crippen LogP) is 4.27. The molecule has 1 fully saturated rings. The van der Waals surface area contributed by atoms with Gasteiger partial charge in [-0.3, -0.25) is 4.79 Å². The van der Waals surface area contributed by atoms with Crippen molar-refractivity contribution in [3.05, 3.63) is 0 Å². The van der Waals surface area contributed by atoms with Crippen LogP contribution in [0.1, 0.15) is 52.4 Å². The number of alkyl halides is 4. The van der Waals surface area contributed by atoms with Crippen LogP contribution in [0.4, 0.5) is 13.2 Å². The number of amides is 1. The fraction of sp³-hybridized carbons (Fsp3) is 0.929. The second kappa shape index (κ2) is 7.01. The van der Waals surface area contributed by atoms with E-state index in [0.29, 0.717) is 25.7 Å². The highest BCUT2D eigenvalue weighted by Crippen LogP contribution is 2.40. The summed E-state index contributed by atoms with van der Waals surface area (Å²) in [6, 6.07) is 0. The predicted molar refractivity (Wildman–Crippen MR) is 73.7 cm³/mol. The van der Waals surface area contributed by atoms with Crippen LogP contribution in [0.25, 0.3) is 0 Å². The van der Waals surface area contributed by atoms with E-state index in [1.54, 1.807) is 0 Å². The van der Waals surface area contributed by atoms with Crippen LogP contribution >= 0.6 is 11.6 Å². The van der Waals surface area contributed by atoms with E-state index in [2.05, 4.69) is 5.32 Å². The number of nitrogens with one attached hydrogen (secondary N) is 1. The van der Waals surface area contributed by atoms with E-state index in [0.717, 1.165) is 0 Å². The van der Waals surface area contributed by atoms with Gasteiger partial charge in [0, 0.05) is 11.8 Å². The van der Waals surface area contributed by atoms with Gasteiger partial charge in [-0.15, -0.1) is 11.6 Å². The van der Waals surface area contributed by atoms with Crippen molar-refractivity contribution in [3.8, 4) is 0 Å². The number of rotatable bonds is 5. The molecule has 0 saturated heterocycles. The van der Waals surface area contributed by atoms with Gasteiger partial charge in [-0.25, -0.2) is 0 Å². The molecule has 1 rings (SSSR count). The lowest BCUT2D eigenvalue weighted by Gasteiger charge is -2.35. The molecular formula is C14H23ClF3NO. The molecule has 0 aromatic heterocycles. The van der Waals surface area contributed by atoms with Crippen LogP contribution in [-0.4, -0.2) is 23.5 Å². The molecule has 1 N–H and O–H groups in total. The molecule has 0 aliphatic heterocycles. The molecule has 1 aliphatic rings. The molecule has 2 atom stereocenters. The molecule has 0 aromatic carbocycles. The van der Waals surface area contributed by atoms with Crippen LogP contribution in [0.2, 0.25) is 0 Å². The Balaban J connectivity index is 2.68. The minimum atomic E-state index is -4.20. The summed E-state index contributed by atoms with van der Waals surface area (Å²) >= 11 is 5.91. The van der Waals surface area contributed by atoms with E-state index < -0.39 is 23.6 Å². The first kappa shape index (κ1) is 17.6. The third-order valence-corrected chi connectivity index (χ3v) is 5.02. The number of hydrogen-bond donors (Lipinski definition) is 1. The average Bonchev–Trinajstić information content (AvgIpc) is 2.44. The standard InChI is InChI=1S/C14H23ClF3NO/c1-3-13(4-2,9-15)19-12(20)10-6-5-7-11(8-10)14(16,17)18/h10-11H,3-9H2,1-2H3,(H,19,20). The lowest BCUT2D eigenvalue weighted by Crippen LogP contribution is -2.52. The SMILES string of the molecule is CCC(CC)(CCl)NC(=O)C1CCCC(C(F)(F)F)C1. The number of hydrogen-bond acceptors (Lipinski definition) is 1. The highest BCUT2D eigenvalue weighted by molar-refractivity contribution is 6.18. The average molecular weight is 314 g/mol. The van der Waals surface area contributed by atoms with E-state index in [1.165, 1.54) is 0 Å². The maximum atomic E-state index is 12.8. The molecule has 1 saturated carbocycles. The fourth-order valence-electron chi connectivity index (χ4n) is 2.74. The molecule has 118 valence electrons. The van der Waals surface area contributed by atoms with Crippen molar-refractivity contribution in [1.82, 2.24) is 5.32 Å². The van der Waals surface area contributed by atoms with Crippen molar-refractivity contribution in [2.75, 3.05) is 5.88 Å². The molecule has 2 nitrogen and oxygen atoms in total. The zero-order valence-electron chi connectivity index (χ0n) is 12.0. The van der Waals surface area contributed by atoms with Crippen LogP contribution < -0.4 is 5.32 Å². The van der Waals surface area contributed by atoms with Gasteiger partial charge in [0.2, 0.25) is 5.91 Å². The minimum Gasteiger partial charge on any atom is -0.349 e. The Kier molecular flexibility index (Phi) is 6.17. The summed E-state index contributed by atoms with van der Waals surface area (Å²) in [6.07, 6.45) is -1.82. The van der Waals surface area contributed by atoms with Gasteiger partial charge in [-0.2, -0.15) is 13.2 Å². The maximum Gasteiger partial charge on any atom is 0.391 e. The first-order valence-electron chi connectivity index (χ1n) is 7.22. The van der Waals surface area contributed by atoms with Crippen LogP contribution in [-0.2, 0) is 4.79 Å². The van der Waals surface area contributed by atoms with Crippen LogP contribution in [0.5, 0.6) is 0 Å². The molecule has 0 spiro atoms. The molecule has 2 unspecified atom stereocenters. The Morgan fingerprint density at radius 1 is 1.25 bits per heavy atom. The molecule has 20 heavy (non-hydrogen) atoms. The molecule has 0 radical (unpaired) electrons. The monoisotopic (exact) mass is 313 g/mol. The molecule has 0 aromatic rings. The van der Waals surface area contributed by atoms with E-state index in [1.807, 2.05) is 13.8 Å². The van der Waals surface area contributed by atoms with Crippen molar-refractivity contribution in [2.45, 2.75) is 64.1 Å². The first-order valence-corrected chi connectivity index (χ1v) is 7.76. The summed E-state index contributed by atoms with van der Waals surface area (Å²) in [5, 5.41) is 2.88. The highest BCUT2D eigenvalue weighted by Gasteiger charge is 2.44. The molecule has 0 bridgehead atoms. The molecular weight excluding hydrogens is 291 g/mol. The summed E-state index contributed by atoms with van der Waals surface area (Å²) in [5.41, 5.74) is -0.496. The second-order valence-corrected chi connectivity index (χ2v) is 5.98. The number of halogens is 4. The third-order valence-electron chi connectivity index (χ3n) is 4.51. The number of carbonyl (C=O) groups excluding carboxylic acids is 1. The van der Waals surface area contributed by atoms with Crippen LogP contribution in [0.15, 0.2) is 0 Å². The van der Waals surface area contributed by atoms with Gasteiger partial charge >= 0.3 is 6.18 Å². The van der Waals surface area contributed by atoms with Crippen molar-refractivity contribution >= 4 is 17.5 Å². The molecule has 6 heteroatoms. The van der Waals surface area contributed by atoms with Crippen molar-refractivity contribution < 1.29 is 18.0 Å². The Labute approximate surface area is 123 Å². The molecule has 1 aliphatic carbocycles. The van der Waals surface area contributed by atoms with E-state index in [9.17, 15) is 18.0 Å². The zero-order chi connectivity index (χ0) is 15.4. The van der Waals surface area contributed by atoms with Crippen molar-refractivity contribution in [2.24, 2.45) is 11.8 Å². The maximum absolute atomic E-state index is 12.8. The summed E-state index contributed by atoms with van der Waals surface area (Å²) in [4.78, 5) is 12.2. The Morgan fingerprint density at radius 2 is 1.85 bits per heavy atom. The summed E-state index contributed by atoms with van der Waals surface area (Å²) in [5.74, 6) is -1.89. The lowest BCUT2D eigenvalue weighted by molar-refractivity contribution is -0.186. The zero-order valence-corrected chi connectivity index (χ0v) is 12.8. The molecule has 0 heterocycles. The summed E-state index contributed by atoms with van der Waals surface area (Å²) in [7, 11) is 0. The van der Waals surface area contributed by atoms with Gasteiger partial charge < -0.3 is 5.32 Å². The summed E-state index contributed by atoms with van der Waals surface area (Å²) < 4.78 is 38.3. The van der Waals surface area contributed by atoms with Crippen LogP contribution in [0.3, 0.4) is 0 Å². The number of carbonyl (C=O) groups is 1. The Hall–Kier alpha value is -0.450. The van der Waals surface area contributed by atoms with E-state index in [4.69, 9.17) is 11.6 Å². The summed E-state index contributed by atoms with van der Waals surface area (Å²) in [6.45, 7) is 3.84. The van der Waals surface area contributed by atoms with Gasteiger partial charge in [0.1, 0.15) is 0 Å². The lowest BCUT2D eigenvalue weighted by atomic mass is 9.80. The Bertz CT molecular complexity index is 321. The van der Waals surface area contributed by atoms with Crippen LogP contribution in [0, 0.1) is 11.8 Å². The van der Waals surface area contributed by atoms with Gasteiger partial charge in [0.25, 0.3) is 0 Å². The first-order chi connectivity index (χ1) is 9.28. The molecule has 1 amide bonds. The van der Waals surface area contributed by atoms with Gasteiger partial charge in [-0.1, -0.05) is 20.3 Å². The third kappa shape index (κ3) is 4.27. The smallest absolute Gasteiger partial charge is 0.349 e. The highest BCUT2D eigenvalue weighted by atomic mass is 35.5. The second-order valence-electron chi connectivity index (χ2n) is 5.71. The van der Waals surface area contributed by atoms with E-state index in [-0.39, 0.29) is 24.6 Å². The fourth-order valence-corrected chi connectivity index (χ4v) is 3.18. The van der Waals surface area contributed by atoms with E-state index >= 15 is 0 Å². The Morgan fingerprint density at radius 3 is 2.30 bits per heavy atom. The van der Waals surface area contributed by atoms with Crippen molar-refractivity contribution in [1.29, 1.82) is 0 Å². The normalized spacial score (nSPS) is 24.5. The largest absolute Gasteiger partial charge is 0.391 e. The quantitative estimate of drug-likeness (QED) is 0.755.